The zero-order chi connectivity index (χ0) is 23.4. The summed E-state index contributed by atoms with van der Waals surface area (Å²) in [6.45, 7) is 3.35. The van der Waals surface area contributed by atoms with Gasteiger partial charge in [-0.15, -0.1) is 0 Å². The molecule has 33 heavy (non-hydrogen) atoms. The van der Waals surface area contributed by atoms with Crippen molar-refractivity contribution >= 4 is 5.97 Å². The van der Waals surface area contributed by atoms with Crippen molar-refractivity contribution in [3.8, 4) is 5.75 Å². The summed E-state index contributed by atoms with van der Waals surface area (Å²) in [5.74, 6) is 2.96. The second-order valence-corrected chi connectivity index (χ2v) is 10.8. The topological polar surface area (TPSA) is 49.8 Å². The minimum Gasteiger partial charge on any atom is -0.489 e. The van der Waals surface area contributed by atoms with Crippen LogP contribution in [0.3, 0.4) is 0 Å². The average Bonchev–Trinajstić information content (AvgIpc) is 3.19. The van der Waals surface area contributed by atoms with Crippen molar-refractivity contribution in [2.75, 3.05) is 20.6 Å². The number of aryl methyl sites for hydroxylation is 1. The molecule has 0 amide bonds. The molecule has 4 unspecified atom stereocenters. The van der Waals surface area contributed by atoms with Gasteiger partial charge >= 0.3 is 5.97 Å². The second-order valence-electron chi connectivity index (χ2n) is 10.8. The Bertz CT molecular complexity index is 941. The zero-order valence-corrected chi connectivity index (χ0v) is 20.4. The van der Waals surface area contributed by atoms with Crippen molar-refractivity contribution in [1.29, 1.82) is 0 Å². The van der Waals surface area contributed by atoms with Crippen LogP contribution in [0.1, 0.15) is 68.1 Å². The predicted molar refractivity (Wildman–Crippen MR) is 133 cm³/mol. The van der Waals surface area contributed by atoms with E-state index >= 15 is 0 Å². The lowest BCUT2D eigenvalue weighted by atomic mass is 9.56. The SMILES string of the molecule is CC12CCCC1C1CCc3cc(OCc4ccccc4)ccc3C1CC2.CN(C)CC(=O)O. The highest BCUT2D eigenvalue weighted by atomic mass is 16.5. The molecule has 0 heterocycles. The molecule has 0 saturated heterocycles. The van der Waals surface area contributed by atoms with Crippen LogP contribution in [-0.2, 0) is 17.8 Å². The van der Waals surface area contributed by atoms with E-state index in [0.29, 0.717) is 12.0 Å². The first kappa shape index (κ1) is 23.8. The third-order valence-corrected chi connectivity index (χ3v) is 8.18. The van der Waals surface area contributed by atoms with Gasteiger partial charge in [0.15, 0.2) is 0 Å². The number of nitrogens with zero attached hydrogens (tertiary/aromatic N) is 1. The Kier molecular flexibility index (Phi) is 7.43. The van der Waals surface area contributed by atoms with Gasteiger partial charge in [-0.05, 0) is 105 Å². The molecule has 2 aromatic carbocycles. The number of likely N-dealkylation sites (N-methyl/N-ethyl adjacent to an activating group) is 1. The van der Waals surface area contributed by atoms with Gasteiger partial charge in [0.25, 0.3) is 0 Å². The maximum absolute atomic E-state index is 9.77. The van der Waals surface area contributed by atoms with Crippen LogP contribution in [0, 0.1) is 17.3 Å². The molecule has 3 aliphatic carbocycles. The lowest BCUT2D eigenvalue weighted by molar-refractivity contribution is -0.137. The molecule has 0 aromatic heterocycles. The van der Waals surface area contributed by atoms with Gasteiger partial charge in [-0.1, -0.05) is 49.7 Å². The number of hydrogen-bond donors (Lipinski definition) is 1. The highest BCUT2D eigenvalue weighted by molar-refractivity contribution is 5.68. The molecule has 4 nitrogen and oxygen atoms in total. The molecule has 0 aliphatic heterocycles. The Hall–Kier alpha value is -2.33. The van der Waals surface area contributed by atoms with Crippen LogP contribution in [0.5, 0.6) is 5.75 Å². The number of benzene rings is 2. The van der Waals surface area contributed by atoms with Crippen molar-refractivity contribution in [3.63, 3.8) is 0 Å². The lowest BCUT2D eigenvalue weighted by Crippen LogP contribution is -2.39. The molecule has 3 aliphatic rings. The summed E-state index contributed by atoms with van der Waals surface area (Å²) >= 11 is 0. The van der Waals surface area contributed by atoms with Crippen LogP contribution >= 0.6 is 0 Å². The molecule has 1 N–H and O–H groups in total. The Morgan fingerprint density at radius 1 is 1.09 bits per heavy atom. The quantitative estimate of drug-likeness (QED) is 0.595. The number of carbonyl (C=O) groups is 1. The fourth-order valence-corrected chi connectivity index (χ4v) is 6.65. The van der Waals surface area contributed by atoms with Crippen molar-refractivity contribution in [1.82, 2.24) is 4.90 Å². The van der Waals surface area contributed by atoms with Crippen LogP contribution in [-0.4, -0.2) is 36.6 Å². The Morgan fingerprint density at radius 2 is 1.88 bits per heavy atom. The van der Waals surface area contributed by atoms with Gasteiger partial charge in [-0.3, -0.25) is 9.69 Å². The van der Waals surface area contributed by atoms with E-state index in [9.17, 15) is 4.79 Å². The van der Waals surface area contributed by atoms with E-state index in [-0.39, 0.29) is 6.54 Å². The van der Waals surface area contributed by atoms with Crippen LogP contribution in [0.2, 0.25) is 0 Å². The standard InChI is InChI=1S/C25H30O.C4H9NO2/c1-25-14-5-8-24(25)23-11-9-19-16-20(10-12-21(19)22(23)13-15-25)26-17-18-6-3-2-4-7-18;1-5(2)3-4(6)7/h2-4,6-7,10,12,16,22-24H,5,8-9,11,13-15,17H2,1H3;3H2,1-2H3,(H,6,7). The van der Waals surface area contributed by atoms with E-state index in [1.807, 2.05) is 0 Å². The molecule has 0 spiro atoms. The van der Waals surface area contributed by atoms with E-state index in [1.165, 1.54) is 50.5 Å². The maximum Gasteiger partial charge on any atom is 0.317 e. The summed E-state index contributed by atoms with van der Waals surface area (Å²) in [6.07, 6.45) is 9.87. The molecular weight excluding hydrogens is 410 g/mol. The normalized spacial score (nSPS) is 27.6. The van der Waals surface area contributed by atoms with Gasteiger partial charge in [0, 0.05) is 0 Å². The third kappa shape index (κ3) is 5.60. The van der Waals surface area contributed by atoms with E-state index in [4.69, 9.17) is 9.84 Å². The Labute approximate surface area is 199 Å². The highest BCUT2D eigenvalue weighted by Crippen LogP contribution is 2.60. The molecule has 178 valence electrons. The van der Waals surface area contributed by atoms with Crippen molar-refractivity contribution in [2.24, 2.45) is 17.3 Å². The molecule has 5 rings (SSSR count). The van der Waals surface area contributed by atoms with Crippen LogP contribution in [0.15, 0.2) is 48.5 Å². The van der Waals surface area contributed by atoms with E-state index < -0.39 is 5.97 Å². The smallest absolute Gasteiger partial charge is 0.317 e. The molecule has 4 atom stereocenters. The van der Waals surface area contributed by atoms with E-state index in [1.54, 1.807) is 30.1 Å². The summed E-state index contributed by atoms with van der Waals surface area (Å²) in [6, 6.07) is 17.4. The molecule has 0 radical (unpaired) electrons. The second kappa shape index (κ2) is 10.3. The fraction of sp³-hybridized carbons (Fsp3) is 0.552. The Balaban J connectivity index is 0.000000325. The molecule has 2 aromatic rings. The number of hydrogen-bond acceptors (Lipinski definition) is 3. The van der Waals surface area contributed by atoms with Crippen LogP contribution < -0.4 is 4.74 Å². The number of aliphatic carboxylic acids is 1. The minimum absolute atomic E-state index is 0.111. The highest BCUT2D eigenvalue weighted by Gasteiger charge is 2.50. The van der Waals surface area contributed by atoms with Crippen molar-refractivity contribution < 1.29 is 14.6 Å². The average molecular weight is 450 g/mol. The maximum atomic E-state index is 9.77. The summed E-state index contributed by atoms with van der Waals surface area (Å²) in [5.41, 5.74) is 5.08. The predicted octanol–water partition coefficient (Wildman–Crippen LogP) is 6.14. The summed E-state index contributed by atoms with van der Waals surface area (Å²) in [7, 11) is 3.43. The van der Waals surface area contributed by atoms with Gasteiger partial charge in [0.05, 0.1) is 6.54 Å². The van der Waals surface area contributed by atoms with Crippen LogP contribution in [0.25, 0.3) is 0 Å². The zero-order valence-electron chi connectivity index (χ0n) is 20.4. The third-order valence-electron chi connectivity index (χ3n) is 8.18. The molecule has 2 fully saturated rings. The molecule has 0 bridgehead atoms. The Morgan fingerprint density at radius 3 is 2.58 bits per heavy atom. The van der Waals surface area contributed by atoms with Crippen molar-refractivity contribution in [3.05, 3.63) is 65.2 Å². The monoisotopic (exact) mass is 449 g/mol. The van der Waals surface area contributed by atoms with Gasteiger partial charge < -0.3 is 9.84 Å². The number of ether oxygens (including phenoxy) is 1. The number of carboxylic acids is 1. The van der Waals surface area contributed by atoms with Gasteiger partial charge in [-0.25, -0.2) is 0 Å². The number of carboxylic acid groups (broad SMARTS) is 1. The summed E-state index contributed by atoms with van der Waals surface area (Å²) in [5, 5.41) is 8.04. The summed E-state index contributed by atoms with van der Waals surface area (Å²) in [4.78, 5) is 11.4. The van der Waals surface area contributed by atoms with Crippen molar-refractivity contribution in [2.45, 2.75) is 64.4 Å². The first-order chi connectivity index (χ1) is 15.9. The van der Waals surface area contributed by atoms with E-state index in [0.717, 1.165) is 23.5 Å². The van der Waals surface area contributed by atoms with Crippen LogP contribution in [0.4, 0.5) is 0 Å². The molecule has 4 heteroatoms. The van der Waals surface area contributed by atoms with E-state index in [2.05, 4.69) is 55.5 Å². The van der Waals surface area contributed by atoms with Gasteiger partial charge in [0.1, 0.15) is 12.4 Å². The number of fused-ring (bicyclic) bond motifs is 5. The van der Waals surface area contributed by atoms with Gasteiger partial charge in [0.2, 0.25) is 0 Å². The number of rotatable bonds is 5. The summed E-state index contributed by atoms with van der Waals surface area (Å²) < 4.78 is 6.08. The fourth-order valence-electron chi connectivity index (χ4n) is 6.65. The molecule has 2 saturated carbocycles. The largest absolute Gasteiger partial charge is 0.489 e. The molecular formula is C29H39NO3. The lowest BCUT2D eigenvalue weighted by Gasteiger charge is -2.49. The first-order valence-corrected chi connectivity index (χ1v) is 12.5. The first-order valence-electron chi connectivity index (χ1n) is 12.5. The minimum atomic E-state index is -0.787. The van der Waals surface area contributed by atoms with Gasteiger partial charge in [-0.2, -0.15) is 0 Å².